The zero-order chi connectivity index (χ0) is 22.7. The van der Waals surface area contributed by atoms with Crippen LogP contribution < -0.4 is 16.4 Å². The zero-order valence-electron chi connectivity index (χ0n) is 18.1. The van der Waals surface area contributed by atoms with Crippen LogP contribution >= 0.6 is 0 Å². The van der Waals surface area contributed by atoms with E-state index in [-0.39, 0.29) is 30.7 Å². The first kappa shape index (κ1) is 22.2. The second-order valence-electron chi connectivity index (χ2n) is 8.40. The van der Waals surface area contributed by atoms with Crippen molar-refractivity contribution in [2.24, 2.45) is 0 Å². The minimum Gasteiger partial charge on any atom is -0.480 e. The Balaban J connectivity index is 1.43. The molecule has 0 aliphatic heterocycles. The fraction of sp³-hybridized carbons (Fsp3) is 0.500. The molecule has 1 aliphatic carbocycles. The van der Waals surface area contributed by atoms with Crippen LogP contribution in [-0.4, -0.2) is 43.1 Å². The van der Waals surface area contributed by atoms with Crippen molar-refractivity contribution < 1.29 is 13.9 Å². The lowest BCUT2D eigenvalue weighted by molar-refractivity contribution is -0.0930. The van der Waals surface area contributed by atoms with Gasteiger partial charge in [-0.1, -0.05) is 44.0 Å². The molecule has 10 heteroatoms. The number of halogens is 2. The number of nitrogens with two attached hydrogens (primary N) is 1. The first-order valence-electron chi connectivity index (χ1n) is 11.0. The van der Waals surface area contributed by atoms with Crippen molar-refractivity contribution in [1.82, 2.24) is 24.8 Å². The molecule has 172 valence electrons. The monoisotopic (exact) mass is 445 g/mol. The molecule has 32 heavy (non-hydrogen) atoms. The predicted molar refractivity (Wildman–Crippen MR) is 120 cm³/mol. The van der Waals surface area contributed by atoms with Gasteiger partial charge in [0.2, 0.25) is 5.95 Å². The molecule has 1 aliphatic rings. The third-order valence-electron chi connectivity index (χ3n) is 5.71. The number of unbranched alkanes of at least 4 members (excludes halogenated alkanes) is 2. The standard InChI is InChI=1S/C22H29F2N7O/c1-2-3-4-9-26-20-29-18(25)17-19(30-20)31(21(32)28-17)13-15-7-5-14(6-8-15)12-27-16-10-22(23,24)11-16/h5-8,16,27H,2-4,9-13H2,1H3,(H,28,32)(H3,25,26,29,30). The molecule has 3 aromatic rings. The highest BCUT2D eigenvalue weighted by molar-refractivity contribution is 5.84. The summed E-state index contributed by atoms with van der Waals surface area (Å²) in [5, 5.41) is 16.7. The van der Waals surface area contributed by atoms with Crippen LogP contribution in [0.5, 0.6) is 6.01 Å². The minimum absolute atomic E-state index is 0.0987. The Morgan fingerprint density at radius 3 is 2.53 bits per heavy atom. The zero-order valence-corrected chi connectivity index (χ0v) is 18.1. The van der Waals surface area contributed by atoms with E-state index in [0.29, 0.717) is 30.2 Å². The maximum atomic E-state index is 12.9. The van der Waals surface area contributed by atoms with E-state index in [2.05, 4.69) is 32.5 Å². The third kappa shape index (κ3) is 5.07. The van der Waals surface area contributed by atoms with Crippen molar-refractivity contribution in [1.29, 1.82) is 0 Å². The summed E-state index contributed by atoms with van der Waals surface area (Å²) >= 11 is 0. The van der Waals surface area contributed by atoms with Crippen LogP contribution in [0.2, 0.25) is 0 Å². The number of hydrogen-bond donors (Lipinski definition) is 4. The van der Waals surface area contributed by atoms with Crippen LogP contribution in [0.4, 0.5) is 20.5 Å². The Morgan fingerprint density at radius 1 is 1.12 bits per heavy atom. The summed E-state index contributed by atoms with van der Waals surface area (Å²) in [5.74, 6) is -1.89. The van der Waals surface area contributed by atoms with E-state index in [1.54, 1.807) is 4.57 Å². The lowest BCUT2D eigenvalue weighted by Crippen LogP contribution is -2.48. The largest absolute Gasteiger partial charge is 0.480 e. The highest BCUT2D eigenvalue weighted by atomic mass is 19.3. The van der Waals surface area contributed by atoms with Crippen LogP contribution in [0.15, 0.2) is 24.3 Å². The average Bonchev–Trinajstić information content (AvgIpc) is 3.05. The molecule has 0 atom stereocenters. The number of rotatable bonds is 10. The molecule has 1 saturated carbocycles. The van der Waals surface area contributed by atoms with Crippen molar-refractivity contribution in [3.63, 3.8) is 0 Å². The summed E-state index contributed by atoms with van der Waals surface area (Å²) in [5.41, 5.74) is 8.81. The van der Waals surface area contributed by atoms with E-state index >= 15 is 0 Å². The number of hydrogen-bond acceptors (Lipinski definition) is 7. The number of nitrogens with one attached hydrogen (secondary N) is 2. The molecular weight excluding hydrogens is 416 g/mol. The second kappa shape index (κ2) is 9.23. The molecule has 0 unspecified atom stereocenters. The van der Waals surface area contributed by atoms with Gasteiger partial charge in [0.1, 0.15) is 0 Å². The Kier molecular flexibility index (Phi) is 6.40. The lowest BCUT2D eigenvalue weighted by atomic mass is 9.88. The molecular formula is C22H29F2N7O. The van der Waals surface area contributed by atoms with Gasteiger partial charge in [-0.05, 0) is 17.5 Å². The van der Waals surface area contributed by atoms with E-state index < -0.39 is 5.92 Å². The van der Waals surface area contributed by atoms with Gasteiger partial charge < -0.3 is 21.5 Å². The summed E-state index contributed by atoms with van der Waals surface area (Å²) in [6, 6.07) is 7.45. The number of fused-ring (bicyclic) bond motifs is 1. The van der Waals surface area contributed by atoms with Crippen LogP contribution in [0.3, 0.4) is 0 Å². The number of alkyl halides is 2. The van der Waals surface area contributed by atoms with Gasteiger partial charge in [-0.25, -0.2) is 8.78 Å². The normalized spacial score (nSPS) is 15.7. The first-order valence-corrected chi connectivity index (χ1v) is 11.0. The van der Waals surface area contributed by atoms with Crippen LogP contribution in [0, 0.1) is 0 Å². The molecule has 0 radical (unpaired) electrons. The number of aromatic hydroxyl groups is 1. The maximum Gasteiger partial charge on any atom is 0.296 e. The van der Waals surface area contributed by atoms with Crippen LogP contribution in [-0.2, 0) is 13.1 Å². The Morgan fingerprint density at radius 2 is 1.84 bits per heavy atom. The molecule has 1 fully saturated rings. The molecule has 1 aromatic carbocycles. The topological polar surface area (TPSA) is 114 Å². The van der Waals surface area contributed by atoms with Gasteiger partial charge in [-0.3, -0.25) is 4.57 Å². The molecule has 2 aromatic heterocycles. The van der Waals surface area contributed by atoms with Gasteiger partial charge in [0.25, 0.3) is 11.9 Å². The van der Waals surface area contributed by atoms with Crippen molar-refractivity contribution in [2.45, 2.75) is 64.1 Å². The SMILES string of the molecule is CCCCCNc1nc(N)c2nc(O)n(Cc3ccc(CNC4CC(F)(F)C4)cc3)c2n1. The fourth-order valence-electron chi connectivity index (χ4n) is 3.82. The Hall–Kier alpha value is -3.01. The minimum atomic E-state index is -2.52. The predicted octanol–water partition coefficient (Wildman–Crippen LogP) is 3.65. The van der Waals surface area contributed by atoms with Gasteiger partial charge in [-0.15, -0.1) is 0 Å². The van der Waals surface area contributed by atoms with Gasteiger partial charge in [-0.2, -0.15) is 15.0 Å². The second-order valence-corrected chi connectivity index (χ2v) is 8.40. The quantitative estimate of drug-likeness (QED) is 0.352. The molecule has 4 rings (SSSR count). The number of nitrogen functional groups attached to an aromatic ring is 1. The van der Waals surface area contributed by atoms with E-state index in [0.717, 1.165) is 36.9 Å². The average molecular weight is 446 g/mol. The molecule has 8 nitrogen and oxygen atoms in total. The molecule has 0 spiro atoms. The number of nitrogens with zero attached hydrogens (tertiary/aromatic N) is 4. The molecule has 0 amide bonds. The number of aromatic nitrogens is 4. The molecule has 5 N–H and O–H groups in total. The Labute approximate surface area is 185 Å². The van der Waals surface area contributed by atoms with Crippen molar-refractivity contribution >= 4 is 22.9 Å². The summed E-state index contributed by atoms with van der Waals surface area (Å²) in [7, 11) is 0. The fourth-order valence-corrected chi connectivity index (χ4v) is 3.82. The highest BCUT2D eigenvalue weighted by Crippen LogP contribution is 2.37. The smallest absolute Gasteiger partial charge is 0.296 e. The summed E-state index contributed by atoms with van der Waals surface area (Å²) in [6.45, 7) is 3.78. The number of imidazole rings is 1. The van der Waals surface area contributed by atoms with Gasteiger partial charge >= 0.3 is 0 Å². The maximum absolute atomic E-state index is 12.9. The first-order chi connectivity index (χ1) is 15.3. The van der Waals surface area contributed by atoms with E-state index in [1.807, 2.05) is 24.3 Å². The van der Waals surface area contributed by atoms with Gasteiger partial charge in [0.15, 0.2) is 17.0 Å². The summed E-state index contributed by atoms with van der Waals surface area (Å²) in [4.78, 5) is 12.9. The summed E-state index contributed by atoms with van der Waals surface area (Å²) in [6.07, 6.45) is 3.04. The van der Waals surface area contributed by atoms with Crippen molar-refractivity contribution in [3.8, 4) is 6.01 Å². The summed E-state index contributed by atoms with van der Waals surface area (Å²) < 4.78 is 27.5. The van der Waals surface area contributed by atoms with Crippen molar-refractivity contribution in [2.75, 3.05) is 17.6 Å². The molecule has 2 heterocycles. The number of anilines is 2. The van der Waals surface area contributed by atoms with E-state index in [1.165, 1.54) is 0 Å². The lowest BCUT2D eigenvalue weighted by Gasteiger charge is -2.35. The highest BCUT2D eigenvalue weighted by Gasteiger charge is 2.44. The molecule has 0 saturated heterocycles. The van der Waals surface area contributed by atoms with Gasteiger partial charge in [0, 0.05) is 32.0 Å². The van der Waals surface area contributed by atoms with E-state index in [4.69, 9.17) is 5.73 Å². The molecule has 0 bridgehead atoms. The van der Waals surface area contributed by atoms with Gasteiger partial charge in [0.05, 0.1) is 6.54 Å². The number of benzene rings is 1. The van der Waals surface area contributed by atoms with Crippen LogP contribution in [0.25, 0.3) is 11.2 Å². The Bertz CT molecular complexity index is 1060. The van der Waals surface area contributed by atoms with Crippen LogP contribution in [0.1, 0.15) is 50.2 Å². The van der Waals surface area contributed by atoms with Crippen molar-refractivity contribution in [3.05, 3.63) is 35.4 Å². The van der Waals surface area contributed by atoms with E-state index in [9.17, 15) is 13.9 Å². The third-order valence-corrected chi connectivity index (χ3v) is 5.71.